The van der Waals surface area contributed by atoms with E-state index in [1.165, 1.54) is 7.11 Å². The lowest BCUT2D eigenvalue weighted by atomic mass is 10.2. The number of carbonyl (C=O) groups is 2. The van der Waals surface area contributed by atoms with Crippen molar-refractivity contribution in [1.82, 2.24) is 5.32 Å². The molecule has 1 saturated carbocycles. The summed E-state index contributed by atoms with van der Waals surface area (Å²) < 4.78 is 4.36. The van der Waals surface area contributed by atoms with Gasteiger partial charge in [-0.15, -0.1) is 0 Å². The molecule has 1 aliphatic carbocycles. The number of amides is 1. The third-order valence-corrected chi connectivity index (χ3v) is 2.07. The smallest absolute Gasteiger partial charge is 0.325 e. The summed E-state index contributed by atoms with van der Waals surface area (Å²) in [5.74, 6) is -0.429. The number of rotatable bonds is 4. The fourth-order valence-corrected chi connectivity index (χ4v) is 1.02. The molecule has 3 N–H and O–H groups in total. The van der Waals surface area contributed by atoms with Crippen LogP contribution in [-0.4, -0.2) is 31.6 Å². The van der Waals surface area contributed by atoms with Gasteiger partial charge in [0.25, 0.3) is 0 Å². The van der Waals surface area contributed by atoms with Gasteiger partial charge in [-0.05, 0) is 18.8 Å². The van der Waals surface area contributed by atoms with Crippen molar-refractivity contribution in [3.05, 3.63) is 0 Å². The zero-order valence-corrected chi connectivity index (χ0v) is 7.58. The van der Waals surface area contributed by atoms with E-state index in [-0.39, 0.29) is 12.5 Å². The molecule has 1 aliphatic rings. The van der Waals surface area contributed by atoms with Crippen LogP contribution in [0.15, 0.2) is 0 Å². The second kappa shape index (κ2) is 4.23. The van der Waals surface area contributed by atoms with Crippen LogP contribution in [-0.2, 0) is 14.3 Å². The Morgan fingerprint density at radius 3 is 2.69 bits per heavy atom. The van der Waals surface area contributed by atoms with Crippen molar-refractivity contribution in [2.75, 3.05) is 13.7 Å². The lowest BCUT2D eigenvalue weighted by molar-refractivity contribution is -0.141. The van der Waals surface area contributed by atoms with E-state index >= 15 is 0 Å². The molecule has 13 heavy (non-hydrogen) atoms. The maximum atomic E-state index is 11.2. The van der Waals surface area contributed by atoms with Gasteiger partial charge in [0.15, 0.2) is 0 Å². The lowest BCUT2D eigenvalue weighted by Crippen LogP contribution is -2.44. The Balaban J connectivity index is 2.20. The summed E-state index contributed by atoms with van der Waals surface area (Å²) in [7, 11) is 1.27. The van der Waals surface area contributed by atoms with Crippen LogP contribution in [0.4, 0.5) is 0 Å². The first-order valence-corrected chi connectivity index (χ1v) is 4.25. The van der Waals surface area contributed by atoms with E-state index in [1.54, 1.807) is 0 Å². The summed E-state index contributed by atoms with van der Waals surface area (Å²) in [5, 5.41) is 2.42. The van der Waals surface area contributed by atoms with Crippen molar-refractivity contribution in [2.24, 2.45) is 11.7 Å². The summed E-state index contributed by atoms with van der Waals surface area (Å²) in [6.07, 6.45) is 2.01. The summed E-state index contributed by atoms with van der Waals surface area (Å²) in [5.41, 5.74) is 5.59. The Hall–Kier alpha value is -1.10. The first kappa shape index (κ1) is 9.98. The molecule has 74 valence electrons. The van der Waals surface area contributed by atoms with Gasteiger partial charge < -0.3 is 15.8 Å². The Morgan fingerprint density at radius 2 is 2.23 bits per heavy atom. The van der Waals surface area contributed by atoms with Crippen molar-refractivity contribution >= 4 is 11.9 Å². The van der Waals surface area contributed by atoms with Crippen LogP contribution in [0.1, 0.15) is 12.8 Å². The highest BCUT2D eigenvalue weighted by Crippen LogP contribution is 2.31. The Morgan fingerprint density at radius 1 is 1.62 bits per heavy atom. The Kier molecular flexibility index (Phi) is 3.25. The maximum Gasteiger partial charge on any atom is 0.325 e. The van der Waals surface area contributed by atoms with E-state index in [0.29, 0.717) is 5.92 Å². The zero-order chi connectivity index (χ0) is 9.84. The first-order chi connectivity index (χ1) is 6.15. The summed E-state index contributed by atoms with van der Waals surface area (Å²) in [4.78, 5) is 21.8. The first-order valence-electron chi connectivity index (χ1n) is 4.25. The molecule has 1 unspecified atom stereocenters. The second-order valence-corrected chi connectivity index (χ2v) is 3.16. The second-order valence-electron chi connectivity index (χ2n) is 3.16. The lowest BCUT2D eigenvalue weighted by Gasteiger charge is -2.09. The number of ether oxygens (including phenoxy) is 1. The molecule has 0 spiro atoms. The average Bonchev–Trinajstić information content (AvgIpc) is 2.95. The largest absolute Gasteiger partial charge is 0.468 e. The number of hydrogen-bond donors (Lipinski definition) is 2. The molecule has 0 aromatic carbocycles. The minimum atomic E-state index is -0.468. The van der Waals surface area contributed by atoms with Crippen molar-refractivity contribution in [3.8, 4) is 0 Å². The van der Waals surface area contributed by atoms with Gasteiger partial charge in [-0.2, -0.15) is 0 Å². The number of esters is 1. The molecular formula is C8H14N2O3. The van der Waals surface area contributed by atoms with E-state index in [2.05, 4.69) is 10.1 Å². The van der Waals surface area contributed by atoms with Crippen LogP contribution in [0, 0.1) is 5.92 Å². The van der Waals surface area contributed by atoms with Crippen LogP contribution in [0.3, 0.4) is 0 Å². The third kappa shape index (κ3) is 3.02. The molecule has 0 radical (unpaired) electrons. The minimum Gasteiger partial charge on any atom is -0.468 e. The van der Waals surface area contributed by atoms with Crippen molar-refractivity contribution in [2.45, 2.75) is 18.9 Å². The quantitative estimate of drug-likeness (QED) is 0.552. The van der Waals surface area contributed by atoms with E-state index in [4.69, 9.17) is 5.73 Å². The zero-order valence-electron chi connectivity index (χ0n) is 7.58. The molecule has 5 heteroatoms. The summed E-state index contributed by atoms with van der Waals surface area (Å²) in [6, 6.07) is -0.468. The van der Waals surface area contributed by atoms with Crippen LogP contribution < -0.4 is 11.1 Å². The topological polar surface area (TPSA) is 81.4 Å². The van der Waals surface area contributed by atoms with Gasteiger partial charge >= 0.3 is 5.97 Å². The fourth-order valence-electron chi connectivity index (χ4n) is 1.02. The molecular weight excluding hydrogens is 172 g/mol. The minimum absolute atomic E-state index is 0.101. The van der Waals surface area contributed by atoms with Gasteiger partial charge in [0, 0.05) is 0 Å². The van der Waals surface area contributed by atoms with E-state index in [0.717, 1.165) is 12.8 Å². The molecule has 0 heterocycles. The van der Waals surface area contributed by atoms with Gasteiger partial charge in [0.2, 0.25) is 5.91 Å². The fraction of sp³-hybridized carbons (Fsp3) is 0.750. The molecule has 1 atom stereocenters. The van der Waals surface area contributed by atoms with Gasteiger partial charge in [-0.25, -0.2) is 0 Å². The molecule has 1 rings (SSSR count). The molecule has 0 aromatic heterocycles. The Labute approximate surface area is 76.6 Å². The molecule has 1 fully saturated rings. The molecule has 5 nitrogen and oxygen atoms in total. The number of nitrogens with two attached hydrogens (primary N) is 1. The van der Waals surface area contributed by atoms with E-state index < -0.39 is 12.0 Å². The van der Waals surface area contributed by atoms with Crippen LogP contribution >= 0.6 is 0 Å². The van der Waals surface area contributed by atoms with Crippen molar-refractivity contribution in [1.29, 1.82) is 0 Å². The monoisotopic (exact) mass is 186 g/mol. The van der Waals surface area contributed by atoms with Gasteiger partial charge in [0.1, 0.15) is 6.54 Å². The highest BCUT2D eigenvalue weighted by Gasteiger charge is 2.33. The number of nitrogens with one attached hydrogen (secondary N) is 1. The van der Waals surface area contributed by atoms with Gasteiger partial charge in [-0.1, -0.05) is 0 Å². The summed E-state index contributed by atoms with van der Waals surface area (Å²) >= 11 is 0. The van der Waals surface area contributed by atoms with Crippen LogP contribution in [0.2, 0.25) is 0 Å². The van der Waals surface area contributed by atoms with Gasteiger partial charge in [-0.3, -0.25) is 9.59 Å². The Bertz CT molecular complexity index is 213. The van der Waals surface area contributed by atoms with Gasteiger partial charge in [0.05, 0.1) is 13.2 Å². The standard InChI is InChI=1S/C8H14N2O3/c1-13-6(11)4-10-8(12)7(9)5-2-3-5/h5,7H,2-4,9H2,1H3,(H,10,12). The molecule has 0 saturated heterocycles. The van der Waals surface area contributed by atoms with E-state index in [1.807, 2.05) is 0 Å². The SMILES string of the molecule is COC(=O)CNC(=O)C(N)C1CC1. The molecule has 1 amide bonds. The number of methoxy groups -OCH3 is 1. The average molecular weight is 186 g/mol. The highest BCUT2D eigenvalue weighted by atomic mass is 16.5. The van der Waals surface area contributed by atoms with Crippen LogP contribution in [0.25, 0.3) is 0 Å². The predicted octanol–water partition coefficient (Wildman–Crippen LogP) is -0.987. The molecule has 0 aliphatic heterocycles. The third-order valence-electron chi connectivity index (χ3n) is 2.07. The predicted molar refractivity (Wildman–Crippen MR) is 45.7 cm³/mol. The van der Waals surface area contributed by atoms with E-state index in [9.17, 15) is 9.59 Å². The van der Waals surface area contributed by atoms with Crippen molar-refractivity contribution in [3.63, 3.8) is 0 Å². The molecule has 0 bridgehead atoms. The number of hydrogen-bond acceptors (Lipinski definition) is 4. The normalized spacial score (nSPS) is 17.7. The maximum absolute atomic E-state index is 11.2. The van der Waals surface area contributed by atoms with Crippen LogP contribution in [0.5, 0.6) is 0 Å². The number of carbonyl (C=O) groups excluding carboxylic acids is 2. The van der Waals surface area contributed by atoms with Crippen molar-refractivity contribution < 1.29 is 14.3 Å². The summed E-state index contributed by atoms with van der Waals surface area (Å²) in [6.45, 7) is -0.101. The molecule has 0 aromatic rings. The highest BCUT2D eigenvalue weighted by molar-refractivity contribution is 5.85.